The van der Waals surface area contributed by atoms with Crippen LogP contribution in [-0.2, 0) is 0 Å². The van der Waals surface area contributed by atoms with E-state index in [1.54, 1.807) is 24.7 Å². The molecule has 0 radical (unpaired) electrons. The first-order valence-electron chi connectivity index (χ1n) is 9.48. The molecule has 8 heteroatoms. The average Bonchev–Trinajstić information content (AvgIpc) is 2.80. The van der Waals surface area contributed by atoms with E-state index in [0.717, 1.165) is 28.5 Å². The fourth-order valence-electron chi connectivity index (χ4n) is 3.09. The number of ether oxygens (including phenoxy) is 2. The summed E-state index contributed by atoms with van der Waals surface area (Å²) in [4.78, 5) is 17.7. The molecule has 0 bridgehead atoms. The molecule has 4 aromatic rings. The van der Waals surface area contributed by atoms with Crippen LogP contribution in [0.3, 0.4) is 0 Å². The Morgan fingerprint density at radius 3 is 2.53 bits per heavy atom. The lowest BCUT2D eigenvalue weighted by molar-refractivity contribution is 0.171. The number of anilines is 4. The van der Waals surface area contributed by atoms with Crippen LogP contribution in [-0.4, -0.2) is 33.1 Å². The van der Waals surface area contributed by atoms with Gasteiger partial charge < -0.3 is 20.1 Å². The van der Waals surface area contributed by atoms with Crippen molar-refractivity contribution in [3.8, 4) is 22.9 Å². The summed E-state index contributed by atoms with van der Waals surface area (Å²) in [5, 5.41) is 6.51. The molecule has 0 fully saturated rings. The van der Waals surface area contributed by atoms with E-state index in [-0.39, 0.29) is 0 Å². The van der Waals surface area contributed by atoms with Gasteiger partial charge in [0.25, 0.3) is 0 Å². The molecular weight excluding hydrogens is 380 g/mol. The summed E-state index contributed by atoms with van der Waals surface area (Å²) in [6.45, 7) is 1.10. The van der Waals surface area contributed by atoms with Crippen LogP contribution in [0.4, 0.5) is 23.1 Å². The minimum atomic E-state index is 0.458. The van der Waals surface area contributed by atoms with Crippen molar-refractivity contribution in [3.05, 3.63) is 73.2 Å². The molecule has 5 rings (SSSR count). The molecule has 0 amide bonds. The summed E-state index contributed by atoms with van der Waals surface area (Å²) in [7, 11) is 0. The van der Waals surface area contributed by atoms with Crippen LogP contribution in [0.5, 0.6) is 11.5 Å². The number of benzene rings is 1. The Morgan fingerprint density at radius 2 is 1.63 bits per heavy atom. The van der Waals surface area contributed by atoms with Crippen molar-refractivity contribution in [2.24, 2.45) is 0 Å². The van der Waals surface area contributed by atoms with Gasteiger partial charge in [-0.25, -0.2) is 4.98 Å². The molecule has 0 saturated heterocycles. The van der Waals surface area contributed by atoms with Crippen molar-refractivity contribution >= 4 is 23.1 Å². The monoisotopic (exact) mass is 398 g/mol. The van der Waals surface area contributed by atoms with Crippen molar-refractivity contribution in [1.29, 1.82) is 0 Å². The number of aromatic nitrogens is 4. The normalized spacial score (nSPS) is 12.3. The van der Waals surface area contributed by atoms with Gasteiger partial charge in [0.1, 0.15) is 24.7 Å². The minimum absolute atomic E-state index is 0.458. The Balaban J connectivity index is 1.38. The topological polar surface area (TPSA) is 94.1 Å². The first kappa shape index (κ1) is 17.9. The summed E-state index contributed by atoms with van der Waals surface area (Å²) in [5.74, 6) is 2.54. The van der Waals surface area contributed by atoms with Crippen LogP contribution in [0.1, 0.15) is 0 Å². The Hall–Kier alpha value is -4.20. The second-order valence-electron chi connectivity index (χ2n) is 6.49. The third-order valence-electron chi connectivity index (χ3n) is 4.43. The smallest absolute Gasteiger partial charge is 0.229 e. The highest BCUT2D eigenvalue weighted by Gasteiger charge is 2.13. The number of hydrogen-bond acceptors (Lipinski definition) is 8. The number of nitrogens with zero attached hydrogens (tertiary/aromatic N) is 4. The second-order valence-corrected chi connectivity index (χ2v) is 6.49. The van der Waals surface area contributed by atoms with E-state index in [2.05, 4.69) is 30.6 Å². The van der Waals surface area contributed by atoms with Gasteiger partial charge >= 0.3 is 0 Å². The molecule has 0 spiro atoms. The molecule has 30 heavy (non-hydrogen) atoms. The number of nitrogens with one attached hydrogen (secondary N) is 2. The molecule has 0 saturated carbocycles. The average molecular weight is 398 g/mol. The molecule has 2 N–H and O–H groups in total. The van der Waals surface area contributed by atoms with Crippen LogP contribution >= 0.6 is 0 Å². The Labute approximate surface area is 173 Å². The zero-order valence-corrected chi connectivity index (χ0v) is 15.9. The molecule has 1 aliphatic heterocycles. The van der Waals surface area contributed by atoms with Gasteiger partial charge in [0, 0.05) is 30.3 Å². The molecule has 148 valence electrons. The van der Waals surface area contributed by atoms with Crippen LogP contribution < -0.4 is 20.1 Å². The van der Waals surface area contributed by atoms with Crippen LogP contribution in [0.25, 0.3) is 11.4 Å². The first-order valence-corrected chi connectivity index (χ1v) is 9.48. The molecule has 1 aromatic carbocycles. The first-order chi connectivity index (χ1) is 14.8. The van der Waals surface area contributed by atoms with E-state index in [0.29, 0.717) is 30.7 Å². The third-order valence-corrected chi connectivity index (χ3v) is 4.43. The van der Waals surface area contributed by atoms with Gasteiger partial charge in [-0.05, 0) is 42.5 Å². The third kappa shape index (κ3) is 3.83. The van der Waals surface area contributed by atoms with E-state index < -0.39 is 0 Å². The largest absolute Gasteiger partial charge is 0.486 e. The fourth-order valence-corrected chi connectivity index (χ4v) is 3.09. The highest BCUT2D eigenvalue weighted by molar-refractivity contribution is 5.75. The highest BCUT2D eigenvalue weighted by Crippen LogP contribution is 2.33. The Bertz CT molecular complexity index is 1170. The zero-order chi connectivity index (χ0) is 20.2. The van der Waals surface area contributed by atoms with E-state index in [1.807, 2.05) is 48.5 Å². The van der Waals surface area contributed by atoms with Crippen LogP contribution in [0, 0.1) is 0 Å². The van der Waals surface area contributed by atoms with Crippen molar-refractivity contribution in [2.45, 2.75) is 0 Å². The maximum atomic E-state index is 5.63. The summed E-state index contributed by atoms with van der Waals surface area (Å²) >= 11 is 0. The van der Waals surface area contributed by atoms with Gasteiger partial charge in [0.2, 0.25) is 5.95 Å². The lowest BCUT2D eigenvalue weighted by Crippen LogP contribution is -2.15. The summed E-state index contributed by atoms with van der Waals surface area (Å²) in [6.07, 6.45) is 5.17. The Kier molecular flexibility index (Phi) is 4.79. The lowest BCUT2D eigenvalue weighted by Gasteiger charge is -2.19. The molecule has 3 aromatic heterocycles. The molecule has 0 aliphatic carbocycles. The van der Waals surface area contributed by atoms with Crippen LogP contribution in [0.2, 0.25) is 0 Å². The van der Waals surface area contributed by atoms with Crippen molar-refractivity contribution in [3.63, 3.8) is 0 Å². The maximum Gasteiger partial charge on any atom is 0.229 e. The quantitative estimate of drug-likeness (QED) is 0.517. The van der Waals surface area contributed by atoms with Crippen molar-refractivity contribution in [2.75, 3.05) is 23.8 Å². The van der Waals surface area contributed by atoms with Crippen molar-refractivity contribution in [1.82, 2.24) is 19.9 Å². The number of pyridine rings is 2. The number of rotatable bonds is 5. The number of fused-ring (bicyclic) bond motifs is 1. The SMILES string of the molecule is c1ccc(-c2ncccc2Nc2ccnc(Nc3ccc4c(c3)OCCO4)n2)nc1. The standard InChI is InChI=1S/C22H18N6O2/c1-2-9-23-16(4-1)21-17(5-3-10-24-21)27-20-8-11-25-22(28-20)26-15-6-7-18-19(14-15)30-13-12-29-18/h1-11,14H,12-13H2,(H2,25,26,27,28). The Morgan fingerprint density at radius 1 is 0.733 bits per heavy atom. The predicted molar refractivity (Wildman–Crippen MR) is 113 cm³/mol. The molecule has 4 heterocycles. The zero-order valence-electron chi connectivity index (χ0n) is 15.9. The highest BCUT2D eigenvalue weighted by atomic mass is 16.6. The van der Waals surface area contributed by atoms with Gasteiger partial charge in [0.05, 0.1) is 11.4 Å². The lowest BCUT2D eigenvalue weighted by atomic mass is 10.2. The van der Waals surface area contributed by atoms with Gasteiger partial charge in [-0.3, -0.25) is 9.97 Å². The van der Waals surface area contributed by atoms with Gasteiger partial charge in [-0.15, -0.1) is 0 Å². The number of hydrogen-bond donors (Lipinski definition) is 2. The van der Waals surface area contributed by atoms with E-state index in [1.165, 1.54) is 0 Å². The van der Waals surface area contributed by atoms with E-state index in [4.69, 9.17) is 9.47 Å². The molecule has 0 unspecified atom stereocenters. The van der Waals surface area contributed by atoms with Crippen LogP contribution in [0.15, 0.2) is 73.2 Å². The van der Waals surface area contributed by atoms with E-state index in [9.17, 15) is 0 Å². The predicted octanol–water partition coefficient (Wildman–Crippen LogP) is 4.19. The van der Waals surface area contributed by atoms with Crippen molar-refractivity contribution < 1.29 is 9.47 Å². The molecular formula is C22H18N6O2. The van der Waals surface area contributed by atoms with Gasteiger partial charge in [-0.2, -0.15) is 4.98 Å². The second kappa shape index (κ2) is 8.04. The molecule has 0 atom stereocenters. The maximum absolute atomic E-state index is 5.63. The minimum Gasteiger partial charge on any atom is -0.486 e. The molecule has 8 nitrogen and oxygen atoms in total. The summed E-state index contributed by atoms with van der Waals surface area (Å²) in [5.41, 5.74) is 3.15. The van der Waals surface area contributed by atoms with Gasteiger partial charge in [-0.1, -0.05) is 6.07 Å². The van der Waals surface area contributed by atoms with Gasteiger partial charge in [0.15, 0.2) is 11.5 Å². The van der Waals surface area contributed by atoms with E-state index >= 15 is 0 Å². The molecule has 1 aliphatic rings. The summed E-state index contributed by atoms with van der Waals surface area (Å²) in [6, 6.07) is 17.0. The fraction of sp³-hybridized carbons (Fsp3) is 0.0909. The summed E-state index contributed by atoms with van der Waals surface area (Å²) < 4.78 is 11.2.